The summed E-state index contributed by atoms with van der Waals surface area (Å²) in [5, 5.41) is 3.03. The van der Waals surface area contributed by atoms with Crippen LogP contribution in [0.4, 0.5) is 15.8 Å². The predicted molar refractivity (Wildman–Crippen MR) is 164 cm³/mol. The predicted octanol–water partition coefficient (Wildman–Crippen LogP) is 5.22. The number of nitrogens with two attached hydrogens (primary N) is 1. The highest BCUT2D eigenvalue weighted by atomic mass is 19.1. The molecule has 3 N–H and O–H groups in total. The van der Waals surface area contributed by atoms with Crippen LogP contribution in [0.2, 0.25) is 0 Å². The molecular weight excluding hydrogens is 517 g/mol. The van der Waals surface area contributed by atoms with Gasteiger partial charge in [0.2, 0.25) is 5.91 Å². The van der Waals surface area contributed by atoms with Crippen LogP contribution >= 0.6 is 0 Å². The van der Waals surface area contributed by atoms with Crippen LogP contribution in [-0.4, -0.2) is 68.9 Å². The molecule has 0 aromatic heterocycles. The highest BCUT2D eigenvalue weighted by Gasteiger charge is 2.33. The summed E-state index contributed by atoms with van der Waals surface area (Å²) in [4.78, 5) is 32.2. The standard InChI is InChI=1S/C33H42FN5O2/c1-37(2)17-7-18-38(3)31-15-14-27(22-30(31)36-32(40)28-10-5-11-29(34)21-28)26-9-4-8-24(20-26)23-39(19-6-16-35)33(41)25-12-13-25/h4-5,8-11,14-15,20-22,25H,6-7,12-13,16-19,23,35H2,1-3H3,(H,36,40). The number of carbonyl (C=O) groups excluding carboxylic acids is 2. The van der Waals surface area contributed by atoms with Gasteiger partial charge < -0.3 is 25.8 Å². The minimum absolute atomic E-state index is 0.155. The largest absolute Gasteiger partial charge is 0.373 e. The van der Waals surface area contributed by atoms with Crippen molar-refractivity contribution in [2.24, 2.45) is 11.7 Å². The molecule has 0 heterocycles. The molecule has 0 aliphatic heterocycles. The van der Waals surface area contributed by atoms with E-state index >= 15 is 0 Å². The summed E-state index contributed by atoms with van der Waals surface area (Å²) >= 11 is 0. The summed E-state index contributed by atoms with van der Waals surface area (Å²) in [6.07, 6.45) is 3.68. The van der Waals surface area contributed by atoms with Gasteiger partial charge in [0, 0.05) is 38.2 Å². The molecule has 1 fully saturated rings. The zero-order chi connectivity index (χ0) is 29.4. The number of hydrogen-bond donors (Lipinski definition) is 2. The second-order valence-electron chi connectivity index (χ2n) is 11.2. The van der Waals surface area contributed by atoms with Gasteiger partial charge in [-0.3, -0.25) is 9.59 Å². The zero-order valence-corrected chi connectivity index (χ0v) is 24.4. The molecule has 1 aliphatic carbocycles. The van der Waals surface area contributed by atoms with Crippen LogP contribution in [0.3, 0.4) is 0 Å². The van der Waals surface area contributed by atoms with Crippen LogP contribution in [0, 0.1) is 11.7 Å². The number of hydrogen-bond acceptors (Lipinski definition) is 5. The van der Waals surface area contributed by atoms with Crippen molar-refractivity contribution in [2.75, 3.05) is 57.5 Å². The number of rotatable bonds is 14. The second-order valence-corrected chi connectivity index (χ2v) is 11.2. The molecule has 0 spiro atoms. The van der Waals surface area contributed by atoms with Crippen LogP contribution in [0.5, 0.6) is 0 Å². The van der Waals surface area contributed by atoms with Crippen LogP contribution in [-0.2, 0) is 11.3 Å². The highest BCUT2D eigenvalue weighted by Crippen LogP contribution is 2.34. The van der Waals surface area contributed by atoms with Gasteiger partial charge in [0.15, 0.2) is 0 Å². The molecule has 218 valence electrons. The Labute approximate surface area is 243 Å². The molecule has 3 aromatic carbocycles. The molecule has 0 bridgehead atoms. The average Bonchev–Trinajstić information content (AvgIpc) is 3.80. The summed E-state index contributed by atoms with van der Waals surface area (Å²) in [5.41, 5.74) is 10.5. The number of nitrogens with zero attached hydrogens (tertiary/aromatic N) is 3. The molecule has 0 radical (unpaired) electrons. The van der Waals surface area contributed by atoms with Crippen molar-refractivity contribution in [2.45, 2.75) is 32.2 Å². The molecule has 7 nitrogen and oxygen atoms in total. The summed E-state index contributed by atoms with van der Waals surface area (Å²) in [5.74, 6) is -0.451. The maximum Gasteiger partial charge on any atom is 0.255 e. The summed E-state index contributed by atoms with van der Waals surface area (Å²) in [6.45, 7) is 3.50. The van der Waals surface area contributed by atoms with Gasteiger partial charge in [-0.1, -0.05) is 30.3 Å². The van der Waals surface area contributed by atoms with Crippen molar-refractivity contribution in [1.29, 1.82) is 0 Å². The number of nitrogens with one attached hydrogen (secondary N) is 1. The first-order valence-electron chi connectivity index (χ1n) is 14.4. The van der Waals surface area contributed by atoms with Gasteiger partial charge in [-0.05, 0) is 106 Å². The summed E-state index contributed by atoms with van der Waals surface area (Å²) < 4.78 is 13.8. The van der Waals surface area contributed by atoms with E-state index in [-0.39, 0.29) is 23.3 Å². The average molecular weight is 560 g/mol. The van der Waals surface area contributed by atoms with E-state index in [4.69, 9.17) is 5.73 Å². The third kappa shape index (κ3) is 8.62. The van der Waals surface area contributed by atoms with Gasteiger partial charge in [-0.2, -0.15) is 0 Å². The van der Waals surface area contributed by atoms with E-state index < -0.39 is 5.82 Å². The van der Waals surface area contributed by atoms with E-state index in [1.165, 1.54) is 18.2 Å². The Balaban J connectivity index is 1.60. The Morgan fingerprint density at radius 1 is 0.902 bits per heavy atom. The van der Waals surface area contributed by atoms with Gasteiger partial charge in [-0.25, -0.2) is 4.39 Å². The van der Waals surface area contributed by atoms with Gasteiger partial charge in [-0.15, -0.1) is 0 Å². The minimum Gasteiger partial charge on any atom is -0.373 e. The molecule has 0 saturated heterocycles. The van der Waals surface area contributed by atoms with Gasteiger partial charge in [0.1, 0.15) is 5.82 Å². The molecule has 2 amide bonds. The lowest BCUT2D eigenvalue weighted by Crippen LogP contribution is -2.33. The first-order chi connectivity index (χ1) is 19.7. The van der Waals surface area contributed by atoms with Gasteiger partial charge in [0.05, 0.1) is 11.4 Å². The van der Waals surface area contributed by atoms with Gasteiger partial charge in [0.25, 0.3) is 5.91 Å². The van der Waals surface area contributed by atoms with E-state index in [1.807, 2.05) is 56.4 Å². The monoisotopic (exact) mass is 559 g/mol. The van der Waals surface area contributed by atoms with Crippen molar-refractivity contribution >= 4 is 23.2 Å². The van der Waals surface area contributed by atoms with E-state index in [9.17, 15) is 14.0 Å². The number of carbonyl (C=O) groups is 2. The van der Waals surface area contributed by atoms with Crippen LogP contribution in [0.1, 0.15) is 41.6 Å². The smallest absolute Gasteiger partial charge is 0.255 e. The maximum absolute atomic E-state index is 13.8. The van der Waals surface area contributed by atoms with E-state index in [1.54, 1.807) is 6.07 Å². The van der Waals surface area contributed by atoms with Crippen molar-refractivity contribution in [3.63, 3.8) is 0 Å². The van der Waals surface area contributed by atoms with E-state index in [2.05, 4.69) is 27.2 Å². The summed E-state index contributed by atoms with van der Waals surface area (Å²) in [6, 6.07) is 19.9. The van der Waals surface area contributed by atoms with E-state index in [0.29, 0.717) is 25.3 Å². The topological polar surface area (TPSA) is 81.9 Å². The Morgan fingerprint density at radius 2 is 1.66 bits per heavy atom. The second kappa shape index (κ2) is 14.2. The number of halogens is 1. The van der Waals surface area contributed by atoms with Crippen LogP contribution in [0.25, 0.3) is 11.1 Å². The maximum atomic E-state index is 13.8. The number of amides is 2. The molecular formula is C33H42FN5O2. The molecule has 8 heteroatoms. The van der Waals surface area contributed by atoms with Gasteiger partial charge >= 0.3 is 0 Å². The quantitative estimate of drug-likeness (QED) is 0.283. The Morgan fingerprint density at radius 3 is 2.37 bits per heavy atom. The molecule has 1 aliphatic rings. The molecule has 0 atom stereocenters. The fourth-order valence-electron chi connectivity index (χ4n) is 4.92. The zero-order valence-electron chi connectivity index (χ0n) is 24.4. The SMILES string of the molecule is CN(C)CCCN(C)c1ccc(-c2cccc(CN(CCCN)C(=O)C3CC3)c2)cc1NC(=O)c1cccc(F)c1. The summed E-state index contributed by atoms with van der Waals surface area (Å²) in [7, 11) is 6.11. The highest BCUT2D eigenvalue weighted by molar-refractivity contribution is 6.06. The lowest BCUT2D eigenvalue weighted by molar-refractivity contribution is -0.133. The van der Waals surface area contributed by atoms with Crippen molar-refractivity contribution < 1.29 is 14.0 Å². The van der Waals surface area contributed by atoms with Crippen molar-refractivity contribution in [3.05, 3.63) is 83.7 Å². The first-order valence-corrected chi connectivity index (χ1v) is 14.4. The van der Waals surface area contributed by atoms with Crippen LogP contribution < -0.4 is 16.0 Å². The Bertz CT molecular complexity index is 1340. The third-order valence-electron chi connectivity index (χ3n) is 7.35. The van der Waals surface area contributed by atoms with Crippen LogP contribution in [0.15, 0.2) is 66.7 Å². The molecule has 0 unspecified atom stereocenters. The minimum atomic E-state index is -0.454. The lowest BCUT2D eigenvalue weighted by atomic mass is 10.0. The fourth-order valence-corrected chi connectivity index (χ4v) is 4.92. The molecule has 1 saturated carbocycles. The normalized spacial score (nSPS) is 12.8. The fraction of sp³-hybridized carbons (Fsp3) is 0.394. The molecule has 3 aromatic rings. The van der Waals surface area contributed by atoms with E-state index in [0.717, 1.165) is 61.2 Å². The Kier molecular flexibility index (Phi) is 10.5. The molecule has 41 heavy (non-hydrogen) atoms. The lowest BCUT2D eigenvalue weighted by Gasteiger charge is -2.25. The Hall–Kier alpha value is -3.75. The first kappa shape index (κ1) is 30.2. The number of benzene rings is 3. The molecule has 4 rings (SSSR count). The van der Waals surface area contributed by atoms with Crippen molar-refractivity contribution in [3.8, 4) is 11.1 Å². The number of anilines is 2. The third-order valence-corrected chi connectivity index (χ3v) is 7.35. The van der Waals surface area contributed by atoms with Crippen molar-refractivity contribution in [1.82, 2.24) is 9.80 Å².